The molecule has 54 valence electrons. The molecule has 0 aliphatic carbocycles. The van der Waals surface area contributed by atoms with Crippen LogP contribution >= 0.6 is 0 Å². The molecule has 0 saturated carbocycles. The van der Waals surface area contributed by atoms with Crippen molar-refractivity contribution in [1.82, 2.24) is 4.98 Å². The molecule has 1 heterocycles. The maximum absolute atomic E-state index is 12.4. The molecule has 0 aliphatic heterocycles. The van der Waals surface area contributed by atoms with Crippen molar-refractivity contribution in [2.24, 2.45) is 0 Å². The van der Waals surface area contributed by atoms with Gasteiger partial charge in [-0.2, -0.15) is 0 Å². The molecule has 3 heteroatoms. The highest BCUT2D eigenvalue weighted by Gasteiger charge is 2.23. The Bertz CT molecular complexity index is 203. The Labute approximate surface area is 57.7 Å². The molecule has 0 N–H and O–H groups in total. The molecule has 1 nitrogen and oxygen atoms in total. The fourth-order valence-electron chi connectivity index (χ4n) is 0.645. The van der Waals surface area contributed by atoms with Gasteiger partial charge in [-0.1, -0.05) is 0 Å². The van der Waals surface area contributed by atoms with Gasteiger partial charge in [0.15, 0.2) is 0 Å². The van der Waals surface area contributed by atoms with E-state index < -0.39 is 5.92 Å². The fraction of sp³-hybridized carbons (Fsp3) is 0.286. The van der Waals surface area contributed by atoms with Crippen molar-refractivity contribution >= 4 is 0 Å². The largest absolute Gasteiger partial charge is 0.270 e. The van der Waals surface area contributed by atoms with Crippen molar-refractivity contribution in [2.45, 2.75) is 12.8 Å². The lowest BCUT2D eigenvalue weighted by Gasteiger charge is -2.08. The highest BCUT2D eigenvalue weighted by Crippen LogP contribution is 2.25. The van der Waals surface area contributed by atoms with Crippen LogP contribution in [0.2, 0.25) is 0 Å². The van der Waals surface area contributed by atoms with Crippen molar-refractivity contribution in [1.29, 1.82) is 0 Å². The highest BCUT2D eigenvalue weighted by molar-refractivity contribution is 5.14. The maximum Gasteiger partial charge on any atom is 0.270 e. The van der Waals surface area contributed by atoms with E-state index in [4.69, 9.17) is 0 Å². The van der Waals surface area contributed by atoms with Crippen LogP contribution in [0.25, 0.3) is 0 Å². The SMILES string of the molecule is CC(F)(F)c1ccncc1. The molecule has 0 spiro atoms. The third-order valence-corrected chi connectivity index (χ3v) is 1.19. The average molecular weight is 143 g/mol. The third kappa shape index (κ3) is 1.50. The molecule has 1 aromatic heterocycles. The van der Waals surface area contributed by atoms with E-state index >= 15 is 0 Å². The minimum Gasteiger partial charge on any atom is -0.265 e. The van der Waals surface area contributed by atoms with Gasteiger partial charge in [-0.25, -0.2) is 8.78 Å². The summed E-state index contributed by atoms with van der Waals surface area (Å²) in [5.41, 5.74) is 0.00231. The van der Waals surface area contributed by atoms with E-state index in [0.717, 1.165) is 6.92 Å². The standard InChI is InChI=1S/C7H7F2N/c1-7(8,9)6-2-4-10-5-3-6/h2-5H,1H3. The molecular weight excluding hydrogens is 136 g/mol. The lowest BCUT2D eigenvalue weighted by molar-refractivity contribution is 0.0174. The number of hydrogen-bond acceptors (Lipinski definition) is 1. The number of halogens is 2. The molecule has 0 bridgehead atoms. The van der Waals surface area contributed by atoms with E-state index in [9.17, 15) is 8.78 Å². The summed E-state index contributed by atoms with van der Waals surface area (Å²) < 4.78 is 24.9. The maximum atomic E-state index is 12.4. The van der Waals surface area contributed by atoms with E-state index in [0.29, 0.717) is 0 Å². The molecule has 1 aromatic rings. The predicted molar refractivity (Wildman–Crippen MR) is 33.8 cm³/mol. The number of hydrogen-bond donors (Lipinski definition) is 0. The first-order chi connectivity index (χ1) is 4.61. The first kappa shape index (κ1) is 7.12. The Morgan fingerprint density at radius 1 is 1.30 bits per heavy atom. The number of nitrogens with zero attached hydrogens (tertiary/aromatic N) is 1. The van der Waals surface area contributed by atoms with Gasteiger partial charge >= 0.3 is 0 Å². The minimum absolute atomic E-state index is 0.00231. The number of aromatic nitrogens is 1. The normalized spacial score (nSPS) is 11.5. The van der Waals surface area contributed by atoms with E-state index in [1.165, 1.54) is 24.5 Å². The molecule has 1 rings (SSSR count). The van der Waals surface area contributed by atoms with E-state index in [1.54, 1.807) is 0 Å². The second-order valence-electron chi connectivity index (χ2n) is 2.12. The average Bonchev–Trinajstić information content (AvgIpc) is 1.88. The minimum atomic E-state index is -2.75. The molecular formula is C7H7F2N. The lowest BCUT2D eigenvalue weighted by atomic mass is 10.2. The van der Waals surface area contributed by atoms with E-state index in [1.807, 2.05) is 0 Å². The van der Waals surface area contributed by atoms with Gasteiger partial charge in [0.2, 0.25) is 0 Å². The number of pyridine rings is 1. The molecule has 0 atom stereocenters. The molecule has 0 saturated heterocycles. The summed E-state index contributed by atoms with van der Waals surface area (Å²) in [4.78, 5) is 3.63. The van der Waals surface area contributed by atoms with Crippen LogP contribution in [-0.2, 0) is 5.92 Å². The first-order valence-electron chi connectivity index (χ1n) is 2.89. The first-order valence-corrected chi connectivity index (χ1v) is 2.89. The summed E-state index contributed by atoms with van der Waals surface area (Å²) in [6.45, 7) is 0.863. The van der Waals surface area contributed by atoms with Crippen molar-refractivity contribution in [3.8, 4) is 0 Å². The Morgan fingerprint density at radius 2 is 1.80 bits per heavy atom. The highest BCUT2D eigenvalue weighted by atomic mass is 19.3. The lowest BCUT2D eigenvalue weighted by Crippen LogP contribution is -2.06. The number of rotatable bonds is 1. The summed E-state index contributed by atoms with van der Waals surface area (Å²) in [5, 5.41) is 0. The molecule has 0 aliphatic rings. The van der Waals surface area contributed by atoms with Crippen molar-refractivity contribution < 1.29 is 8.78 Å². The molecule has 0 radical (unpaired) electrons. The summed E-state index contributed by atoms with van der Waals surface area (Å²) in [5.74, 6) is -2.75. The quantitative estimate of drug-likeness (QED) is 0.587. The van der Waals surface area contributed by atoms with Gasteiger partial charge in [0.25, 0.3) is 5.92 Å². The van der Waals surface area contributed by atoms with Crippen LogP contribution in [0.1, 0.15) is 12.5 Å². The van der Waals surface area contributed by atoms with Gasteiger partial charge in [-0.05, 0) is 12.1 Å². The van der Waals surface area contributed by atoms with Gasteiger partial charge in [0, 0.05) is 24.9 Å². The summed E-state index contributed by atoms with van der Waals surface area (Å²) in [7, 11) is 0. The Hall–Kier alpha value is -0.990. The monoisotopic (exact) mass is 143 g/mol. The smallest absolute Gasteiger partial charge is 0.265 e. The topological polar surface area (TPSA) is 12.9 Å². The fourth-order valence-corrected chi connectivity index (χ4v) is 0.645. The summed E-state index contributed by atoms with van der Waals surface area (Å²) >= 11 is 0. The molecule has 0 amide bonds. The predicted octanol–water partition coefficient (Wildman–Crippen LogP) is 2.19. The van der Waals surface area contributed by atoms with Crippen LogP contribution in [0.15, 0.2) is 24.5 Å². The van der Waals surface area contributed by atoms with Crippen LogP contribution in [-0.4, -0.2) is 4.98 Å². The number of alkyl halides is 2. The van der Waals surface area contributed by atoms with Crippen molar-refractivity contribution in [3.05, 3.63) is 30.1 Å². The molecule has 0 fully saturated rings. The van der Waals surface area contributed by atoms with Gasteiger partial charge in [0.05, 0.1) is 0 Å². The zero-order valence-corrected chi connectivity index (χ0v) is 5.51. The van der Waals surface area contributed by atoms with Crippen LogP contribution in [0.5, 0.6) is 0 Å². The summed E-state index contributed by atoms with van der Waals surface area (Å²) in [6, 6.07) is 2.61. The summed E-state index contributed by atoms with van der Waals surface area (Å²) in [6.07, 6.45) is 2.71. The van der Waals surface area contributed by atoms with E-state index in [2.05, 4.69) is 4.98 Å². The van der Waals surface area contributed by atoms with Crippen molar-refractivity contribution in [2.75, 3.05) is 0 Å². The second kappa shape index (κ2) is 2.33. The molecule has 10 heavy (non-hydrogen) atoms. The van der Waals surface area contributed by atoms with Gasteiger partial charge < -0.3 is 0 Å². The van der Waals surface area contributed by atoms with Gasteiger partial charge in [0.1, 0.15) is 0 Å². The Balaban J connectivity index is 2.97. The van der Waals surface area contributed by atoms with Crippen LogP contribution < -0.4 is 0 Å². The van der Waals surface area contributed by atoms with Crippen LogP contribution in [0.4, 0.5) is 8.78 Å². The van der Waals surface area contributed by atoms with Crippen molar-refractivity contribution in [3.63, 3.8) is 0 Å². The molecule has 0 unspecified atom stereocenters. The third-order valence-electron chi connectivity index (χ3n) is 1.19. The van der Waals surface area contributed by atoms with Crippen LogP contribution in [0.3, 0.4) is 0 Å². The Kier molecular flexibility index (Phi) is 1.66. The van der Waals surface area contributed by atoms with Gasteiger partial charge in [-0.15, -0.1) is 0 Å². The zero-order chi connectivity index (χ0) is 7.61. The zero-order valence-electron chi connectivity index (χ0n) is 5.51. The van der Waals surface area contributed by atoms with Crippen LogP contribution in [0, 0.1) is 0 Å². The van der Waals surface area contributed by atoms with E-state index in [-0.39, 0.29) is 5.56 Å². The Morgan fingerprint density at radius 3 is 2.10 bits per heavy atom. The molecule has 0 aromatic carbocycles. The van der Waals surface area contributed by atoms with Gasteiger partial charge in [-0.3, -0.25) is 4.98 Å². The second-order valence-corrected chi connectivity index (χ2v) is 2.12.